The second-order valence-corrected chi connectivity index (χ2v) is 9.25. The van der Waals surface area contributed by atoms with Gasteiger partial charge in [0.05, 0.1) is 17.7 Å². The van der Waals surface area contributed by atoms with E-state index in [1.54, 1.807) is 21.9 Å². The van der Waals surface area contributed by atoms with Crippen molar-refractivity contribution in [2.24, 2.45) is 0 Å². The van der Waals surface area contributed by atoms with Gasteiger partial charge in [0, 0.05) is 37.3 Å². The predicted molar refractivity (Wildman–Crippen MR) is 135 cm³/mol. The summed E-state index contributed by atoms with van der Waals surface area (Å²) in [7, 11) is 0. The lowest BCUT2D eigenvalue weighted by Crippen LogP contribution is -2.37. The fourth-order valence-electron chi connectivity index (χ4n) is 4.80. The first-order valence-corrected chi connectivity index (χ1v) is 12.1. The number of rotatable bonds is 4. The number of fused-ring (bicyclic) bond motifs is 1. The van der Waals surface area contributed by atoms with Gasteiger partial charge in [0.15, 0.2) is 0 Å². The fraction of sp³-hybridized carbons (Fsp3) is 0.241. The van der Waals surface area contributed by atoms with Crippen LogP contribution < -0.4 is 0 Å². The van der Waals surface area contributed by atoms with Crippen LogP contribution in [-0.4, -0.2) is 64.5 Å². The third-order valence-corrected chi connectivity index (χ3v) is 6.74. The average molecular weight is 482 g/mol. The molecule has 182 valence electrons. The van der Waals surface area contributed by atoms with E-state index < -0.39 is 0 Å². The lowest BCUT2D eigenvalue weighted by molar-refractivity contribution is 0.0641. The molecule has 2 aliphatic rings. The maximum absolute atomic E-state index is 13.3. The molecule has 0 aromatic heterocycles. The summed E-state index contributed by atoms with van der Waals surface area (Å²) in [5.41, 5.74) is 3.48. The van der Waals surface area contributed by atoms with Crippen molar-refractivity contribution in [3.8, 4) is 0 Å². The van der Waals surface area contributed by atoms with E-state index in [0.29, 0.717) is 49.3 Å². The van der Waals surface area contributed by atoms with E-state index >= 15 is 0 Å². The number of amides is 4. The molecule has 0 N–H and O–H groups in total. The summed E-state index contributed by atoms with van der Waals surface area (Å²) in [6.07, 6.45) is 0.663. The molecule has 5 rings (SSSR count). The summed E-state index contributed by atoms with van der Waals surface area (Å²) >= 11 is 0. The van der Waals surface area contributed by atoms with Gasteiger partial charge in [0.2, 0.25) is 0 Å². The standard InChI is InChI=1S/C29H27N3O4/c1-20-7-5-10-22(17-20)26(33)30-13-6-14-31(16-15-30)27(34)23-11-12-24-25(18-23)29(36)32(28(24)35)19-21-8-3-2-4-9-21/h2-5,7-12,17-18H,6,13-16,19H2,1H3. The molecular formula is C29H27N3O4. The van der Waals surface area contributed by atoms with Gasteiger partial charge >= 0.3 is 0 Å². The Morgan fingerprint density at radius 3 is 2.00 bits per heavy atom. The lowest BCUT2D eigenvalue weighted by atomic mass is 10.0. The highest BCUT2D eigenvalue weighted by Crippen LogP contribution is 2.26. The van der Waals surface area contributed by atoms with E-state index in [-0.39, 0.29) is 35.7 Å². The first-order valence-electron chi connectivity index (χ1n) is 12.1. The Morgan fingerprint density at radius 2 is 1.33 bits per heavy atom. The van der Waals surface area contributed by atoms with Gasteiger partial charge in [0.1, 0.15) is 0 Å². The smallest absolute Gasteiger partial charge is 0.261 e. The molecule has 7 nitrogen and oxygen atoms in total. The summed E-state index contributed by atoms with van der Waals surface area (Å²) < 4.78 is 0. The zero-order chi connectivity index (χ0) is 25.2. The quantitative estimate of drug-likeness (QED) is 0.532. The Bertz CT molecular complexity index is 1350. The summed E-state index contributed by atoms with van der Waals surface area (Å²) in [4.78, 5) is 56.9. The number of aryl methyl sites for hydroxylation is 1. The molecular weight excluding hydrogens is 454 g/mol. The van der Waals surface area contributed by atoms with E-state index in [4.69, 9.17) is 0 Å². The third kappa shape index (κ3) is 4.52. The molecule has 0 unspecified atom stereocenters. The number of benzene rings is 3. The number of imide groups is 1. The van der Waals surface area contributed by atoms with Crippen molar-refractivity contribution in [2.45, 2.75) is 19.9 Å². The van der Waals surface area contributed by atoms with Crippen molar-refractivity contribution in [1.29, 1.82) is 0 Å². The van der Waals surface area contributed by atoms with Crippen LogP contribution in [0.15, 0.2) is 72.8 Å². The predicted octanol–water partition coefficient (Wildman–Crippen LogP) is 3.78. The highest BCUT2D eigenvalue weighted by Gasteiger charge is 2.36. The van der Waals surface area contributed by atoms with E-state index in [0.717, 1.165) is 11.1 Å². The topological polar surface area (TPSA) is 78.0 Å². The molecule has 4 amide bonds. The Kier molecular flexibility index (Phi) is 6.38. The van der Waals surface area contributed by atoms with E-state index in [1.165, 1.54) is 11.0 Å². The van der Waals surface area contributed by atoms with Crippen molar-refractivity contribution in [3.05, 3.63) is 106 Å². The van der Waals surface area contributed by atoms with Crippen molar-refractivity contribution >= 4 is 23.6 Å². The lowest BCUT2D eigenvalue weighted by Gasteiger charge is -2.22. The van der Waals surface area contributed by atoms with Gasteiger partial charge in [-0.3, -0.25) is 24.1 Å². The normalized spacial score (nSPS) is 15.6. The van der Waals surface area contributed by atoms with Crippen LogP contribution in [-0.2, 0) is 6.54 Å². The summed E-state index contributed by atoms with van der Waals surface area (Å²) in [5, 5.41) is 0. The molecule has 0 atom stereocenters. The fourth-order valence-corrected chi connectivity index (χ4v) is 4.80. The molecule has 1 fully saturated rings. The molecule has 1 saturated heterocycles. The molecule has 3 aromatic rings. The monoisotopic (exact) mass is 481 g/mol. The van der Waals surface area contributed by atoms with Gasteiger partial charge in [-0.1, -0.05) is 48.0 Å². The van der Waals surface area contributed by atoms with Crippen LogP contribution >= 0.6 is 0 Å². The van der Waals surface area contributed by atoms with Crippen LogP contribution in [0, 0.1) is 6.92 Å². The average Bonchev–Trinajstić information content (AvgIpc) is 3.05. The minimum atomic E-state index is -0.390. The van der Waals surface area contributed by atoms with Gasteiger partial charge in [-0.2, -0.15) is 0 Å². The Balaban J connectivity index is 1.28. The van der Waals surface area contributed by atoms with E-state index in [1.807, 2.05) is 61.5 Å². The first-order chi connectivity index (χ1) is 17.4. The van der Waals surface area contributed by atoms with Crippen molar-refractivity contribution in [3.63, 3.8) is 0 Å². The molecule has 2 heterocycles. The highest BCUT2D eigenvalue weighted by molar-refractivity contribution is 6.22. The van der Waals surface area contributed by atoms with Gasteiger partial charge in [-0.15, -0.1) is 0 Å². The van der Waals surface area contributed by atoms with Gasteiger partial charge in [-0.25, -0.2) is 0 Å². The number of hydrogen-bond acceptors (Lipinski definition) is 4. The highest BCUT2D eigenvalue weighted by atomic mass is 16.2. The molecule has 3 aromatic carbocycles. The van der Waals surface area contributed by atoms with Crippen LogP contribution in [0.5, 0.6) is 0 Å². The summed E-state index contributed by atoms with van der Waals surface area (Å²) in [5.74, 6) is -0.977. The third-order valence-electron chi connectivity index (χ3n) is 6.74. The number of carbonyl (C=O) groups excluding carboxylic acids is 4. The Hall–Kier alpha value is -4.26. The summed E-state index contributed by atoms with van der Waals surface area (Å²) in [6, 6.07) is 21.6. The van der Waals surface area contributed by atoms with Crippen LogP contribution in [0.1, 0.15) is 59.0 Å². The minimum Gasteiger partial charge on any atom is -0.337 e. The molecule has 2 aliphatic heterocycles. The van der Waals surface area contributed by atoms with Crippen molar-refractivity contribution in [1.82, 2.24) is 14.7 Å². The van der Waals surface area contributed by atoms with Gasteiger partial charge < -0.3 is 9.80 Å². The second kappa shape index (κ2) is 9.77. The molecule has 0 aliphatic carbocycles. The van der Waals surface area contributed by atoms with Crippen LogP contribution in [0.2, 0.25) is 0 Å². The summed E-state index contributed by atoms with van der Waals surface area (Å²) in [6.45, 7) is 4.07. The molecule has 0 spiro atoms. The maximum atomic E-state index is 13.3. The Morgan fingerprint density at radius 1 is 0.694 bits per heavy atom. The number of carbonyl (C=O) groups is 4. The zero-order valence-corrected chi connectivity index (χ0v) is 20.1. The molecule has 7 heteroatoms. The maximum Gasteiger partial charge on any atom is 0.261 e. The minimum absolute atomic E-state index is 0.0341. The molecule has 36 heavy (non-hydrogen) atoms. The number of hydrogen-bond donors (Lipinski definition) is 0. The largest absolute Gasteiger partial charge is 0.337 e. The Labute approximate surface area is 209 Å². The van der Waals surface area contributed by atoms with Gasteiger partial charge in [-0.05, 0) is 49.2 Å². The van der Waals surface area contributed by atoms with Crippen molar-refractivity contribution < 1.29 is 19.2 Å². The molecule has 0 radical (unpaired) electrons. The molecule has 0 saturated carbocycles. The van der Waals surface area contributed by atoms with E-state index in [2.05, 4.69) is 0 Å². The van der Waals surface area contributed by atoms with E-state index in [9.17, 15) is 19.2 Å². The van der Waals surface area contributed by atoms with Crippen LogP contribution in [0.4, 0.5) is 0 Å². The van der Waals surface area contributed by atoms with Gasteiger partial charge in [0.25, 0.3) is 23.6 Å². The van der Waals surface area contributed by atoms with Crippen LogP contribution in [0.3, 0.4) is 0 Å². The second-order valence-electron chi connectivity index (χ2n) is 9.25. The zero-order valence-electron chi connectivity index (χ0n) is 20.1. The first kappa shape index (κ1) is 23.5. The molecule has 0 bridgehead atoms. The SMILES string of the molecule is Cc1cccc(C(=O)N2CCCN(C(=O)c3ccc4c(c3)C(=O)N(Cc3ccccc3)C4=O)CC2)c1. The number of nitrogens with zero attached hydrogens (tertiary/aromatic N) is 3. The van der Waals surface area contributed by atoms with Crippen LogP contribution in [0.25, 0.3) is 0 Å². The van der Waals surface area contributed by atoms with Crippen molar-refractivity contribution in [2.75, 3.05) is 26.2 Å².